The topological polar surface area (TPSA) is 51.0 Å². The summed E-state index contributed by atoms with van der Waals surface area (Å²) < 4.78 is 5.11. The van der Waals surface area contributed by atoms with Gasteiger partial charge in [0.05, 0.1) is 17.9 Å². The van der Waals surface area contributed by atoms with Gasteiger partial charge in [0, 0.05) is 0 Å². The maximum atomic E-state index is 5.11. The van der Waals surface area contributed by atoms with Crippen LogP contribution in [0.5, 0.6) is 0 Å². The van der Waals surface area contributed by atoms with E-state index in [9.17, 15) is 0 Å². The number of rotatable bonds is 6. The molecule has 0 aliphatic rings. The molecule has 1 aromatic carbocycles. The van der Waals surface area contributed by atoms with E-state index in [1.54, 1.807) is 23.9 Å². The van der Waals surface area contributed by atoms with E-state index < -0.39 is 0 Å². The molecule has 1 unspecified atom stereocenters. The maximum absolute atomic E-state index is 5.11. The predicted molar refractivity (Wildman–Crippen MR) is 84.2 cm³/mol. The van der Waals surface area contributed by atoms with Crippen LogP contribution in [0, 0.1) is 0 Å². The number of furan rings is 1. The first-order valence-corrected chi connectivity index (χ1v) is 7.84. The highest BCUT2D eigenvalue weighted by Gasteiger charge is 2.18. The van der Waals surface area contributed by atoms with Crippen molar-refractivity contribution in [3.8, 4) is 10.6 Å². The minimum Gasteiger partial charge on any atom is -0.472 e. The van der Waals surface area contributed by atoms with Gasteiger partial charge in [-0.2, -0.15) is 0 Å². The smallest absolute Gasteiger partial charge is 0.151 e. The summed E-state index contributed by atoms with van der Waals surface area (Å²) in [7, 11) is 0. The van der Waals surface area contributed by atoms with E-state index in [1.165, 1.54) is 5.56 Å². The Hall–Kier alpha value is -1.98. The molecular formula is C16H17N3OS. The summed E-state index contributed by atoms with van der Waals surface area (Å²) in [5.41, 5.74) is 2.18. The highest BCUT2D eigenvalue weighted by Crippen LogP contribution is 2.30. The van der Waals surface area contributed by atoms with E-state index >= 15 is 0 Å². The first-order chi connectivity index (χ1) is 10.4. The molecule has 0 spiro atoms. The minimum absolute atomic E-state index is 0.0873. The third-order valence-corrected chi connectivity index (χ3v) is 4.22. The molecule has 3 aromatic rings. The Bertz CT molecular complexity index is 664. The molecule has 0 fully saturated rings. The van der Waals surface area contributed by atoms with E-state index in [1.807, 2.05) is 24.3 Å². The molecule has 0 bridgehead atoms. The van der Waals surface area contributed by atoms with Gasteiger partial charge in [-0.1, -0.05) is 48.6 Å². The zero-order chi connectivity index (χ0) is 14.5. The summed E-state index contributed by atoms with van der Waals surface area (Å²) in [4.78, 5) is 0. The van der Waals surface area contributed by atoms with Crippen LogP contribution in [0.4, 0.5) is 0 Å². The Morgan fingerprint density at radius 2 is 2.05 bits per heavy atom. The fourth-order valence-corrected chi connectivity index (χ4v) is 3.07. The Balaban J connectivity index is 1.90. The summed E-state index contributed by atoms with van der Waals surface area (Å²) in [6.45, 7) is 3.10. The molecule has 0 saturated heterocycles. The van der Waals surface area contributed by atoms with E-state index in [2.05, 4.69) is 34.6 Å². The number of hydrogen-bond donors (Lipinski definition) is 1. The van der Waals surface area contributed by atoms with Gasteiger partial charge in [0.2, 0.25) is 0 Å². The molecule has 0 radical (unpaired) electrons. The van der Waals surface area contributed by atoms with Crippen LogP contribution in [-0.4, -0.2) is 16.7 Å². The summed E-state index contributed by atoms with van der Waals surface area (Å²) in [5, 5.41) is 14.1. The van der Waals surface area contributed by atoms with Crippen molar-refractivity contribution in [3.05, 3.63) is 59.5 Å². The van der Waals surface area contributed by atoms with Gasteiger partial charge in [-0.3, -0.25) is 0 Å². The van der Waals surface area contributed by atoms with Gasteiger partial charge in [-0.25, -0.2) is 0 Å². The highest BCUT2D eigenvalue weighted by molar-refractivity contribution is 7.14. The number of nitrogens with one attached hydrogen (secondary N) is 1. The second-order valence-electron chi connectivity index (χ2n) is 4.76. The summed E-state index contributed by atoms with van der Waals surface area (Å²) in [6.07, 6.45) is 4.43. The Kier molecular flexibility index (Phi) is 4.43. The van der Waals surface area contributed by atoms with E-state index in [0.717, 1.165) is 28.5 Å². The molecule has 2 heterocycles. The Morgan fingerprint density at radius 1 is 1.19 bits per heavy atom. The molecule has 4 nitrogen and oxygen atoms in total. The van der Waals surface area contributed by atoms with Crippen LogP contribution in [0.3, 0.4) is 0 Å². The summed E-state index contributed by atoms with van der Waals surface area (Å²) in [5.74, 6) is 0. The van der Waals surface area contributed by atoms with Crippen molar-refractivity contribution in [2.45, 2.75) is 19.4 Å². The van der Waals surface area contributed by atoms with E-state index in [4.69, 9.17) is 4.42 Å². The van der Waals surface area contributed by atoms with Gasteiger partial charge in [-0.15, -0.1) is 10.2 Å². The van der Waals surface area contributed by atoms with Crippen molar-refractivity contribution in [1.82, 2.24) is 15.5 Å². The zero-order valence-corrected chi connectivity index (χ0v) is 12.6. The Morgan fingerprint density at radius 3 is 2.76 bits per heavy atom. The van der Waals surface area contributed by atoms with Gasteiger partial charge >= 0.3 is 0 Å². The van der Waals surface area contributed by atoms with Crippen LogP contribution in [0.15, 0.2) is 53.3 Å². The SMILES string of the molecule is CCCNC(c1ccccc1)c1nnc(-c2ccoc2)s1. The monoisotopic (exact) mass is 299 g/mol. The number of benzene rings is 1. The van der Waals surface area contributed by atoms with Crippen molar-refractivity contribution >= 4 is 11.3 Å². The largest absolute Gasteiger partial charge is 0.472 e. The lowest BCUT2D eigenvalue weighted by molar-refractivity contribution is 0.568. The van der Waals surface area contributed by atoms with Crippen LogP contribution in [0.1, 0.15) is 30.0 Å². The molecule has 1 atom stereocenters. The maximum Gasteiger partial charge on any atom is 0.151 e. The zero-order valence-electron chi connectivity index (χ0n) is 11.8. The third kappa shape index (κ3) is 3.20. The van der Waals surface area contributed by atoms with Crippen molar-refractivity contribution in [3.63, 3.8) is 0 Å². The first-order valence-electron chi connectivity index (χ1n) is 7.02. The predicted octanol–water partition coefficient (Wildman–Crippen LogP) is 3.89. The fourth-order valence-electron chi connectivity index (χ4n) is 2.14. The van der Waals surface area contributed by atoms with E-state index in [0.29, 0.717) is 0 Å². The molecule has 0 amide bonds. The number of nitrogens with zero attached hydrogens (tertiary/aromatic N) is 2. The van der Waals surface area contributed by atoms with Crippen molar-refractivity contribution in [1.29, 1.82) is 0 Å². The lowest BCUT2D eigenvalue weighted by Crippen LogP contribution is -2.23. The average Bonchev–Trinajstić information content (AvgIpc) is 3.20. The van der Waals surface area contributed by atoms with Crippen LogP contribution < -0.4 is 5.32 Å². The molecular weight excluding hydrogens is 282 g/mol. The molecule has 2 aromatic heterocycles. The molecule has 108 valence electrons. The number of aromatic nitrogens is 2. The van der Waals surface area contributed by atoms with Crippen molar-refractivity contribution in [2.75, 3.05) is 6.54 Å². The summed E-state index contributed by atoms with van der Waals surface area (Å²) >= 11 is 1.60. The average molecular weight is 299 g/mol. The molecule has 0 saturated carbocycles. The molecule has 1 N–H and O–H groups in total. The van der Waals surface area contributed by atoms with E-state index in [-0.39, 0.29) is 6.04 Å². The minimum atomic E-state index is 0.0873. The van der Waals surface area contributed by atoms with Crippen molar-refractivity contribution < 1.29 is 4.42 Å². The quantitative estimate of drug-likeness (QED) is 0.750. The second-order valence-corrected chi connectivity index (χ2v) is 5.76. The van der Waals surface area contributed by atoms with Crippen LogP contribution in [-0.2, 0) is 0 Å². The molecule has 5 heteroatoms. The summed E-state index contributed by atoms with van der Waals surface area (Å²) in [6, 6.07) is 12.4. The fraction of sp³-hybridized carbons (Fsp3) is 0.250. The highest BCUT2D eigenvalue weighted by atomic mass is 32.1. The van der Waals surface area contributed by atoms with Gasteiger partial charge in [0.1, 0.15) is 11.3 Å². The first kappa shape index (κ1) is 14.0. The second kappa shape index (κ2) is 6.65. The lowest BCUT2D eigenvalue weighted by atomic mass is 10.1. The van der Waals surface area contributed by atoms with Gasteiger partial charge in [0.25, 0.3) is 0 Å². The normalized spacial score (nSPS) is 12.4. The van der Waals surface area contributed by atoms with Crippen LogP contribution in [0.25, 0.3) is 10.6 Å². The molecule has 0 aliphatic heterocycles. The molecule has 3 rings (SSSR count). The molecule has 21 heavy (non-hydrogen) atoms. The number of hydrogen-bond acceptors (Lipinski definition) is 5. The third-order valence-electron chi connectivity index (χ3n) is 3.19. The van der Waals surface area contributed by atoms with Gasteiger partial charge in [0.15, 0.2) is 5.01 Å². The van der Waals surface area contributed by atoms with Gasteiger partial charge in [-0.05, 0) is 24.6 Å². The lowest BCUT2D eigenvalue weighted by Gasteiger charge is -2.15. The molecule has 0 aliphatic carbocycles. The van der Waals surface area contributed by atoms with Crippen LogP contribution >= 0.6 is 11.3 Å². The standard InChI is InChI=1S/C16H17N3OS/c1-2-9-17-14(12-6-4-3-5-7-12)16-19-18-15(21-16)13-8-10-20-11-13/h3-8,10-11,14,17H,2,9H2,1H3. The van der Waals surface area contributed by atoms with Crippen LogP contribution in [0.2, 0.25) is 0 Å². The van der Waals surface area contributed by atoms with Gasteiger partial charge < -0.3 is 9.73 Å². The van der Waals surface area contributed by atoms with Crippen molar-refractivity contribution in [2.24, 2.45) is 0 Å². The Labute approximate surface area is 127 Å².